The first-order chi connectivity index (χ1) is 6.74. The fourth-order valence-electron chi connectivity index (χ4n) is 2.34. The SMILES string of the molecule is CC(C)CC(CO)N1CCCCCC1. The molecule has 1 heterocycles. The zero-order valence-corrected chi connectivity index (χ0v) is 9.71. The van der Waals surface area contributed by atoms with Gasteiger partial charge in [0.2, 0.25) is 0 Å². The van der Waals surface area contributed by atoms with Crippen LogP contribution in [0.15, 0.2) is 0 Å². The van der Waals surface area contributed by atoms with Crippen LogP contribution in [0.5, 0.6) is 0 Å². The summed E-state index contributed by atoms with van der Waals surface area (Å²) in [5.74, 6) is 0.690. The molecule has 0 spiro atoms. The van der Waals surface area contributed by atoms with E-state index in [-0.39, 0.29) is 0 Å². The van der Waals surface area contributed by atoms with Crippen LogP contribution >= 0.6 is 0 Å². The lowest BCUT2D eigenvalue weighted by Gasteiger charge is -2.30. The van der Waals surface area contributed by atoms with Crippen molar-refractivity contribution in [1.82, 2.24) is 4.90 Å². The van der Waals surface area contributed by atoms with Gasteiger partial charge >= 0.3 is 0 Å². The van der Waals surface area contributed by atoms with E-state index in [2.05, 4.69) is 18.7 Å². The fraction of sp³-hybridized carbons (Fsp3) is 1.00. The van der Waals surface area contributed by atoms with E-state index in [1.54, 1.807) is 0 Å². The van der Waals surface area contributed by atoms with E-state index >= 15 is 0 Å². The Balaban J connectivity index is 2.40. The Morgan fingerprint density at radius 2 is 1.64 bits per heavy atom. The summed E-state index contributed by atoms with van der Waals surface area (Å²) in [7, 11) is 0. The maximum absolute atomic E-state index is 9.38. The topological polar surface area (TPSA) is 23.5 Å². The molecular formula is C12H25NO. The summed E-state index contributed by atoms with van der Waals surface area (Å²) in [6.45, 7) is 7.19. The molecule has 84 valence electrons. The Labute approximate surface area is 88.3 Å². The maximum Gasteiger partial charge on any atom is 0.0586 e. The zero-order valence-electron chi connectivity index (χ0n) is 9.71. The van der Waals surface area contributed by atoms with Crippen molar-refractivity contribution in [2.24, 2.45) is 5.92 Å². The van der Waals surface area contributed by atoms with Crippen molar-refractivity contribution in [3.05, 3.63) is 0 Å². The van der Waals surface area contributed by atoms with Gasteiger partial charge in [-0.2, -0.15) is 0 Å². The van der Waals surface area contributed by atoms with Gasteiger partial charge in [0.05, 0.1) is 6.61 Å². The van der Waals surface area contributed by atoms with Crippen LogP contribution in [-0.4, -0.2) is 35.7 Å². The monoisotopic (exact) mass is 199 g/mol. The molecule has 0 aromatic carbocycles. The van der Waals surface area contributed by atoms with Crippen LogP contribution in [0.25, 0.3) is 0 Å². The van der Waals surface area contributed by atoms with Gasteiger partial charge in [0.25, 0.3) is 0 Å². The molecule has 0 aliphatic carbocycles. The lowest BCUT2D eigenvalue weighted by molar-refractivity contribution is 0.110. The summed E-state index contributed by atoms with van der Waals surface area (Å²) < 4.78 is 0. The molecule has 0 radical (unpaired) electrons. The highest BCUT2D eigenvalue weighted by molar-refractivity contribution is 4.74. The molecule has 2 nitrogen and oxygen atoms in total. The number of rotatable bonds is 4. The summed E-state index contributed by atoms with van der Waals surface area (Å²) in [6, 6.07) is 0.410. The van der Waals surface area contributed by atoms with Crippen molar-refractivity contribution in [3.8, 4) is 0 Å². The highest BCUT2D eigenvalue weighted by Crippen LogP contribution is 2.16. The molecule has 1 unspecified atom stereocenters. The zero-order chi connectivity index (χ0) is 10.4. The Morgan fingerprint density at radius 1 is 1.07 bits per heavy atom. The van der Waals surface area contributed by atoms with Crippen LogP contribution in [0.1, 0.15) is 46.0 Å². The highest BCUT2D eigenvalue weighted by Gasteiger charge is 2.19. The number of hydrogen-bond acceptors (Lipinski definition) is 2. The fourth-order valence-corrected chi connectivity index (χ4v) is 2.34. The third-order valence-corrected chi connectivity index (χ3v) is 3.11. The third kappa shape index (κ3) is 3.97. The second-order valence-electron chi connectivity index (χ2n) is 4.92. The predicted molar refractivity (Wildman–Crippen MR) is 60.4 cm³/mol. The molecular weight excluding hydrogens is 174 g/mol. The predicted octanol–water partition coefficient (Wildman–Crippen LogP) is 2.27. The van der Waals surface area contributed by atoms with E-state index in [9.17, 15) is 5.11 Å². The van der Waals surface area contributed by atoms with E-state index in [0.717, 1.165) is 6.42 Å². The Bertz CT molecular complexity index is 139. The molecule has 14 heavy (non-hydrogen) atoms. The normalized spacial score (nSPS) is 22.3. The molecule has 1 aliphatic rings. The summed E-state index contributed by atoms with van der Waals surface area (Å²) >= 11 is 0. The molecule has 0 saturated carbocycles. The summed E-state index contributed by atoms with van der Waals surface area (Å²) in [5, 5.41) is 9.38. The summed E-state index contributed by atoms with van der Waals surface area (Å²) in [6.07, 6.45) is 6.51. The van der Waals surface area contributed by atoms with Gasteiger partial charge in [-0.3, -0.25) is 4.90 Å². The molecule has 0 aromatic rings. The van der Waals surface area contributed by atoms with Gasteiger partial charge in [-0.15, -0.1) is 0 Å². The summed E-state index contributed by atoms with van der Waals surface area (Å²) in [4.78, 5) is 2.49. The van der Waals surface area contributed by atoms with E-state index in [0.29, 0.717) is 18.6 Å². The van der Waals surface area contributed by atoms with E-state index in [1.807, 2.05) is 0 Å². The first kappa shape index (κ1) is 12.0. The molecule has 1 aliphatic heterocycles. The minimum Gasteiger partial charge on any atom is -0.395 e. The largest absolute Gasteiger partial charge is 0.395 e. The average Bonchev–Trinajstić information content (AvgIpc) is 2.41. The standard InChI is InChI=1S/C12H25NO/c1-11(2)9-12(10-14)13-7-5-3-4-6-8-13/h11-12,14H,3-10H2,1-2H3. The van der Waals surface area contributed by atoms with Crippen LogP contribution in [0.4, 0.5) is 0 Å². The van der Waals surface area contributed by atoms with Crippen LogP contribution in [0.2, 0.25) is 0 Å². The van der Waals surface area contributed by atoms with E-state index < -0.39 is 0 Å². The van der Waals surface area contributed by atoms with Crippen molar-refractivity contribution in [2.75, 3.05) is 19.7 Å². The minimum atomic E-state index is 0.332. The molecule has 1 fully saturated rings. The van der Waals surface area contributed by atoms with Crippen molar-refractivity contribution < 1.29 is 5.11 Å². The van der Waals surface area contributed by atoms with Gasteiger partial charge in [0, 0.05) is 6.04 Å². The Morgan fingerprint density at radius 3 is 2.07 bits per heavy atom. The molecule has 1 saturated heterocycles. The van der Waals surface area contributed by atoms with Gasteiger partial charge in [0.15, 0.2) is 0 Å². The van der Waals surface area contributed by atoms with Gasteiger partial charge < -0.3 is 5.11 Å². The highest BCUT2D eigenvalue weighted by atomic mass is 16.3. The number of hydrogen-bond donors (Lipinski definition) is 1. The molecule has 1 N–H and O–H groups in total. The van der Waals surface area contributed by atoms with Crippen LogP contribution in [0.3, 0.4) is 0 Å². The number of aliphatic hydroxyl groups is 1. The molecule has 0 aromatic heterocycles. The maximum atomic E-state index is 9.38. The molecule has 0 bridgehead atoms. The first-order valence-corrected chi connectivity index (χ1v) is 6.09. The quantitative estimate of drug-likeness (QED) is 0.751. The minimum absolute atomic E-state index is 0.332. The van der Waals surface area contributed by atoms with E-state index in [4.69, 9.17) is 0 Å². The lowest BCUT2D eigenvalue weighted by atomic mass is 10.0. The first-order valence-electron chi connectivity index (χ1n) is 6.09. The van der Waals surface area contributed by atoms with Crippen molar-refractivity contribution in [3.63, 3.8) is 0 Å². The Kier molecular flexibility index (Phi) is 5.49. The smallest absolute Gasteiger partial charge is 0.0586 e. The number of likely N-dealkylation sites (tertiary alicyclic amines) is 1. The molecule has 0 amide bonds. The van der Waals surface area contributed by atoms with Crippen LogP contribution in [0, 0.1) is 5.92 Å². The molecule has 2 heteroatoms. The van der Waals surface area contributed by atoms with Gasteiger partial charge in [-0.05, 0) is 38.3 Å². The second kappa shape index (κ2) is 6.41. The second-order valence-corrected chi connectivity index (χ2v) is 4.92. The Hall–Kier alpha value is -0.0800. The third-order valence-electron chi connectivity index (χ3n) is 3.11. The molecule has 1 atom stereocenters. The van der Waals surface area contributed by atoms with Gasteiger partial charge in [0.1, 0.15) is 0 Å². The number of nitrogens with zero attached hydrogens (tertiary/aromatic N) is 1. The van der Waals surface area contributed by atoms with Crippen molar-refractivity contribution in [2.45, 2.75) is 52.0 Å². The van der Waals surface area contributed by atoms with Crippen LogP contribution < -0.4 is 0 Å². The number of aliphatic hydroxyl groups excluding tert-OH is 1. The summed E-state index contributed by atoms with van der Waals surface area (Å²) in [5.41, 5.74) is 0. The average molecular weight is 199 g/mol. The van der Waals surface area contributed by atoms with Crippen molar-refractivity contribution in [1.29, 1.82) is 0 Å². The van der Waals surface area contributed by atoms with Crippen LogP contribution in [-0.2, 0) is 0 Å². The van der Waals surface area contributed by atoms with E-state index in [1.165, 1.54) is 38.8 Å². The lowest BCUT2D eigenvalue weighted by Crippen LogP contribution is -2.39. The van der Waals surface area contributed by atoms with Gasteiger partial charge in [-0.25, -0.2) is 0 Å². The van der Waals surface area contributed by atoms with Crippen molar-refractivity contribution >= 4 is 0 Å². The molecule has 1 rings (SSSR count). The van der Waals surface area contributed by atoms with Gasteiger partial charge in [-0.1, -0.05) is 26.7 Å².